The van der Waals surface area contributed by atoms with Gasteiger partial charge in [-0.25, -0.2) is 0 Å². The molecule has 0 aromatic rings. The van der Waals surface area contributed by atoms with Crippen molar-refractivity contribution < 1.29 is 9.59 Å². The number of hydrogen-bond acceptors (Lipinski definition) is 3. The highest BCUT2D eigenvalue weighted by Gasteiger charge is 2.26. The fourth-order valence-electron chi connectivity index (χ4n) is 1.47. The van der Waals surface area contributed by atoms with E-state index in [-0.39, 0.29) is 29.5 Å². The van der Waals surface area contributed by atoms with E-state index in [2.05, 4.69) is 17.9 Å². The molecule has 15 heavy (non-hydrogen) atoms. The third kappa shape index (κ3) is 3.41. The summed E-state index contributed by atoms with van der Waals surface area (Å²) in [5.74, 6) is 0.0719. The predicted molar refractivity (Wildman–Crippen MR) is 61.8 cm³/mol. The zero-order valence-corrected chi connectivity index (χ0v) is 10.1. The maximum absolute atomic E-state index is 11.9. The molecule has 4 nitrogen and oxygen atoms in total. The zero-order chi connectivity index (χ0) is 11.4. The van der Waals surface area contributed by atoms with E-state index < -0.39 is 0 Å². The second kappa shape index (κ2) is 5.39. The van der Waals surface area contributed by atoms with Crippen LogP contribution in [0, 0.1) is 5.92 Å². The van der Waals surface area contributed by atoms with E-state index in [4.69, 9.17) is 0 Å². The lowest BCUT2D eigenvalue weighted by Crippen LogP contribution is -2.42. The number of nitrogens with zero attached hydrogens (tertiary/aromatic N) is 1. The average Bonchev–Trinajstić information content (AvgIpc) is 2.40. The van der Waals surface area contributed by atoms with Crippen LogP contribution >= 0.6 is 12.6 Å². The van der Waals surface area contributed by atoms with Crippen molar-refractivity contribution in [2.75, 3.05) is 19.6 Å². The topological polar surface area (TPSA) is 49.4 Å². The first-order valence-corrected chi connectivity index (χ1v) is 5.77. The minimum atomic E-state index is -0.309. The van der Waals surface area contributed by atoms with Crippen LogP contribution in [0.15, 0.2) is 0 Å². The van der Waals surface area contributed by atoms with Gasteiger partial charge in [0.15, 0.2) is 0 Å². The van der Waals surface area contributed by atoms with Gasteiger partial charge in [0.1, 0.15) is 0 Å². The maximum Gasteiger partial charge on any atom is 0.239 e. The summed E-state index contributed by atoms with van der Waals surface area (Å²) in [5.41, 5.74) is 0. The molecule has 0 spiro atoms. The molecule has 5 heteroatoms. The quantitative estimate of drug-likeness (QED) is 0.670. The molecule has 2 amide bonds. The molecular weight excluding hydrogens is 212 g/mol. The minimum absolute atomic E-state index is 0.0367. The number of hydrogen-bond donors (Lipinski definition) is 2. The van der Waals surface area contributed by atoms with Gasteiger partial charge in [-0.3, -0.25) is 9.59 Å². The Bertz CT molecular complexity index is 256. The van der Waals surface area contributed by atoms with E-state index in [1.807, 2.05) is 13.8 Å². The van der Waals surface area contributed by atoms with Gasteiger partial charge in [0.2, 0.25) is 11.8 Å². The summed E-state index contributed by atoms with van der Waals surface area (Å²) in [4.78, 5) is 24.8. The van der Waals surface area contributed by atoms with Crippen molar-refractivity contribution in [2.45, 2.75) is 25.5 Å². The fraction of sp³-hybridized carbons (Fsp3) is 0.800. The van der Waals surface area contributed by atoms with Gasteiger partial charge in [-0.1, -0.05) is 13.8 Å². The summed E-state index contributed by atoms with van der Waals surface area (Å²) in [7, 11) is 0. The summed E-state index contributed by atoms with van der Waals surface area (Å²) < 4.78 is 0. The third-order valence-electron chi connectivity index (χ3n) is 2.46. The molecule has 86 valence electrons. The van der Waals surface area contributed by atoms with Crippen molar-refractivity contribution in [3.63, 3.8) is 0 Å². The van der Waals surface area contributed by atoms with Crippen LogP contribution < -0.4 is 5.32 Å². The van der Waals surface area contributed by atoms with Gasteiger partial charge in [-0.2, -0.15) is 12.6 Å². The van der Waals surface area contributed by atoms with Crippen molar-refractivity contribution in [1.82, 2.24) is 10.2 Å². The molecule has 1 N–H and O–H groups in total. The Morgan fingerprint density at radius 2 is 2.20 bits per heavy atom. The second-order valence-electron chi connectivity index (χ2n) is 4.15. The van der Waals surface area contributed by atoms with Crippen LogP contribution in [0.25, 0.3) is 0 Å². The highest BCUT2D eigenvalue weighted by atomic mass is 32.1. The van der Waals surface area contributed by atoms with E-state index >= 15 is 0 Å². The molecule has 0 aromatic carbocycles. The van der Waals surface area contributed by atoms with Crippen LogP contribution in [-0.4, -0.2) is 41.6 Å². The summed E-state index contributed by atoms with van der Waals surface area (Å²) in [6.45, 7) is 5.37. The molecule has 0 radical (unpaired) electrons. The van der Waals surface area contributed by atoms with Crippen LogP contribution in [0.5, 0.6) is 0 Å². The lowest BCUT2D eigenvalue weighted by atomic mass is 10.1. The lowest BCUT2D eigenvalue weighted by Gasteiger charge is -2.24. The molecular formula is C10H18N2O2S. The van der Waals surface area contributed by atoms with Crippen molar-refractivity contribution in [1.29, 1.82) is 0 Å². The smallest absolute Gasteiger partial charge is 0.239 e. The molecule has 1 atom stereocenters. The van der Waals surface area contributed by atoms with Gasteiger partial charge in [0, 0.05) is 13.1 Å². The van der Waals surface area contributed by atoms with Crippen LogP contribution in [-0.2, 0) is 9.59 Å². The van der Waals surface area contributed by atoms with Crippen LogP contribution in [0.3, 0.4) is 0 Å². The number of carbonyl (C=O) groups excluding carboxylic acids is 2. The summed E-state index contributed by atoms with van der Waals surface area (Å²) >= 11 is 4.27. The fourth-order valence-corrected chi connectivity index (χ4v) is 1.63. The second-order valence-corrected chi connectivity index (χ2v) is 4.71. The van der Waals surface area contributed by atoms with Crippen LogP contribution in [0.2, 0.25) is 0 Å². The number of thiol groups is 1. The molecule has 1 unspecified atom stereocenters. The molecule has 1 aliphatic rings. The van der Waals surface area contributed by atoms with Gasteiger partial charge in [-0.15, -0.1) is 0 Å². The minimum Gasteiger partial charge on any atom is -0.354 e. The zero-order valence-electron chi connectivity index (χ0n) is 9.19. The van der Waals surface area contributed by atoms with Crippen LogP contribution in [0.1, 0.15) is 20.3 Å². The van der Waals surface area contributed by atoms with Crippen LogP contribution in [0.4, 0.5) is 0 Å². The summed E-state index contributed by atoms with van der Waals surface area (Å²) in [5, 5.41) is 2.43. The standard InChI is InChI=1S/C10H18N2O2S/c1-7(2)9(15)10(14)12-5-3-4-11-8(13)6-12/h7,9,15H,3-6H2,1-2H3,(H,11,13). The Kier molecular flexibility index (Phi) is 4.45. The van der Waals surface area contributed by atoms with E-state index in [9.17, 15) is 9.59 Å². The molecule has 0 bridgehead atoms. The van der Waals surface area contributed by atoms with Gasteiger partial charge in [-0.05, 0) is 12.3 Å². The van der Waals surface area contributed by atoms with Crippen molar-refractivity contribution in [3.8, 4) is 0 Å². The molecule has 1 heterocycles. The van der Waals surface area contributed by atoms with Crippen molar-refractivity contribution >= 4 is 24.4 Å². The third-order valence-corrected chi connectivity index (χ3v) is 3.27. The molecule has 1 fully saturated rings. The Hall–Kier alpha value is -0.710. The van der Waals surface area contributed by atoms with E-state index in [1.165, 1.54) is 0 Å². The van der Waals surface area contributed by atoms with Crippen molar-refractivity contribution in [2.24, 2.45) is 5.92 Å². The molecule has 0 aliphatic carbocycles. The summed E-state index contributed by atoms with van der Waals surface area (Å²) in [6.07, 6.45) is 0.816. The normalized spacial score (nSPS) is 19.7. The highest BCUT2D eigenvalue weighted by Crippen LogP contribution is 2.13. The van der Waals surface area contributed by atoms with Gasteiger partial charge < -0.3 is 10.2 Å². The number of nitrogens with one attached hydrogen (secondary N) is 1. The molecule has 0 saturated carbocycles. The Balaban J connectivity index is 2.61. The van der Waals surface area contributed by atoms with E-state index in [1.54, 1.807) is 4.90 Å². The lowest BCUT2D eigenvalue weighted by molar-refractivity contribution is -0.135. The molecule has 1 aliphatic heterocycles. The first-order chi connectivity index (χ1) is 7.02. The van der Waals surface area contributed by atoms with Gasteiger partial charge >= 0.3 is 0 Å². The Labute approximate surface area is 95.8 Å². The first kappa shape index (κ1) is 12.4. The largest absolute Gasteiger partial charge is 0.354 e. The predicted octanol–water partition coefficient (Wildman–Crippen LogP) is 0.289. The van der Waals surface area contributed by atoms with Crippen molar-refractivity contribution in [3.05, 3.63) is 0 Å². The molecule has 1 rings (SSSR count). The molecule has 1 saturated heterocycles. The summed E-state index contributed by atoms with van der Waals surface area (Å²) in [6, 6.07) is 0. The number of carbonyl (C=O) groups is 2. The average molecular weight is 230 g/mol. The monoisotopic (exact) mass is 230 g/mol. The van der Waals surface area contributed by atoms with E-state index in [0.717, 1.165) is 6.42 Å². The SMILES string of the molecule is CC(C)C(S)C(=O)N1CCCNC(=O)C1. The Morgan fingerprint density at radius 1 is 1.53 bits per heavy atom. The first-order valence-electron chi connectivity index (χ1n) is 5.26. The highest BCUT2D eigenvalue weighted by molar-refractivity contribution is 7.81. The maximum atomic E-state index is 11.9. The van der Waals surface area contributed by atoms with Gasteiger partial charge in [0.05, 0.1) is 11.8 Å². The van der Waals surface area contributed by atoms with Gasteiger partial charge in [0.25, 0.3) is 0 Å². The Morgan fingerprint density at radius 3 is 2.80 bits per heavy atom. The number of amides is 2. The number of rotatable bonds is 2. The van der Waals surface area contributed by atoms with E-state index in [0.29, 0.717) is 13.1 Å². The molecule has 0 aromatic heterocycles.